The van der Waals surface area contributed by atoms with Crippen molar-refractivity contribution in [1.82, 2.24) is 9.55 Å². The van der Waals surface area contributed by atoms with Crippen LogP contribution >= 0.6 is 0 Å². The largest absolute Gasteiger partial charge is 0.309 e. The third-order valence-corrected chi connectivity index (χ3v) is 10.2. The van der Waals surface area contributed by atoms with Crippen molar-refractivity contribution in [3.8, 4) is 50.3 Å². The predicted molar refractivity (Wildman–Crippen MR) is 215 cm³/mol. The van der Waals surface area contributed by atoms with Gasteiger partial charge in [-0.05, 0) is 86.6 Å². The maximum atomic E-state index is 5.15. The summed E-state index contributed by atoms with van der Waals surface area (Å²) in [6, 6.07) is 69.8. The van der Waals surface area contributed by atoms with Crippen LogP contribution in [0.2, 0.25) is 0 Å². The lowest BCUT2D eigenvalue weighted by molar-refractivity contribution is 1.18. The summed E-state index contributed by atoms with van der Waals surface area (Å²) in [5, 5.41) is 6.16. The van der Waals surface area contributed by atoms with E-state index in [9.17, 15) is 0 Å². The molecule has 2 heterocycles. The lowest BCUT2D eigenvalue weighted by atomic mass is 9.92. The van der Waals surface area contributed by atoms with E-state index in [4.69, 9.17) is 4.98 Å². The van der Waals surface area contributed by atoms with E-state index in [-0.39, 0.29) is 0 Å². The number of fused-ring (bicyclic) bond motifs is 6. The SMILES string of the molecule is c1ccc(-c2cc(-c3cccc(-c4ccc(-c5cccc(-n6c7ccccc7c7ccccc76)c5)cc4)c3)c3c(ccc4ccccc43)n2)cc1. The van der Waals surface area contributed by atoms with Gasteiger partial charge in [0.15, 0.2) is 0 Å². The highest BCUT2D eigenvalue weighted by atomic mass is 15.0. The number of hydrogen-bond donors (Lipinski definition) is 0. The fraction of sp³-hybridized carbons (Fsp3) is 0. The van der Waals surface area contributed by atoms with Crippen LogP contribution in [0, 0.1) is 0 Å². The van der Waals surface area contributed by atoms with Gasteiger partial charge in [0, 0.05) is 27.4 Å². The van der Waals surface area contributed by atoms with Crippen LogP contribution in [0.15, 0.2) is 194 Å². The minimum absolute atomic E-state index is 0.978. The molecular weight excluding hydrogens is 617 g/mol. The van der Waals surface area contributed by atoms with Crippen molar-refractivity contribution < 1.29 is 0 Å². The molecule has 2 nitrogen and oxygen atoms in total. The maximum absolute atomic E-state index is 5.15. The first kappa shape index (κ1) is 29.2. The Balaban J connectivity index is 1.05. The molecule has 0 aliphatic carbocycles. The standard InChI is InChI=1S/C49H32N2/c1-2-13-36(14-3-1)46-32-44(49-41-19-5-4-12-35(41)28-29-45(49)50-46)39-17-10-15-37(30-39)33-24-26-34(27-25-33)38-16-11-18-40(31-38)51-47-22-8-6-20-42(47)43-21-7-9-23-48(43)51/h1-32H. The van der Waals surface area contributed by atoms with Gasteiger partial charge < -0.3 is 4.57 Å². The Hall–Kier alpha value is -6.77. The van der Waals surface area contributed by atoms with Crippen molar-refractivity contribution in [2.24, 2.45) is 0 Å². The molecule has 0 unspecified atom stereocenters. The monoisotopic (exact) mass is 648 g/mol. The Bertz CT molecular complexity index is 2850. The Labute approximate surface area is 296 Å². The quantitative estimate of drug-likeness (QED) is 0.170. The van der Waals surface area contributed by atoms with Gasteiger partial charge in [-0.1, -0.05) is 152 Å². The summed E-state index contributed by atoms with van der Waals surface area (Å²) in [5.74, 6) is 0. The van der Waals surface area contributed by atoms with Crippen molar-refractivity contribution in [2.75, 3.05) is 0 Å². The van der Waals surface area contributed by atoms with Gasteiger partial charge in [-0.25, -0.2) is 4.98 Å². The van der Waals surface area contributed by atoms with E-state index in [1.54, 1.807) is 0 Å². The van der Waals surface area contributed by atoms with Gasteiger partial charge in [0.05, 0.1) is 22.2 Å². The first-order chi connectivity index (χ1) is 25.3. The van der Waals surface area contributed by atoms with Crippen LogP contribution in [-0.4, -0.2) is 9.55 Å². The van der Waals surface area contributed by atoms with Crippen LogP contribution < -0.4 is 0 Å². The highest BCUT2D eigenvalue weighted by Crippen LogP contribution is 2.39. The molecule has 0 atom stereocenters. The third-order valence-electron chi connectivity index (χ3n) is 10.2. The molecule has 0 spiro atoms. The molecule has 238 valence electrons. The van der Waals surface area contributed by atoms with E-state index in [0.29, 0.717) is 0 Å². The number of rotatable bonds is 5. The van der Waals surface area contributed by atoms with Gasteiger partial charge in [-0.15, -0.1) is 0 Å². The van der Waals surface area contributed by atoms with Gasteiger partial charge in [0.25, 0.3) is 0 Å². The molecule has 0 bridgehead atoms. The fourth-order valence-electron chi connectivity index (χ4n) is 7.74. The molecule has 0 N–H and O–H groups in total. The van der Waals surface area contributed by atoms with Gasteiger partial charge >= 0.3 is 0 Å². The van der Waals surface area contributed by atoms with Crippen LogP contribution in [0.1, 0.15) is 0 Å². The fourth-order valence-corrected chi connectivity index (χ4v) is 7.74. The summed E-state index contributed by atoms with van der Waals surface area (Å²) < 4.78 is 2.38. The zero-order valence-electron chi connectivity index (χ0n) is 27.9. The third kappa shape index (κ3) is 5.00. The maximum Gasteiger partial charge on any atom is 0.0722 e. The second-order valence-corrected chi connectivity index (χ2v) is 13.2. The summed E-state index contributed by atoms with van der Waals surface area (Å²) in [5.41, 5.74) is 13.8. The van der Waals surface area contributed by atoms with E-state index in [0.717, 1.165) is 22.5 Å². The predicted octanol–water partition coefficient (Wildman–Crippen LogP) is 13.2. The molecule has 2 aromatic heterocycles. The zero-order valence-corrected chi connectivity index (χ0v) is 27.9. The van der Waals surface area contributed by atoms with E-state index in [1.165, 1.54) is 71.3 Å². The average Bonchev–Trinajstić information content (AvgIpc) is 3.55. The smallest absolute Gasteiger partial charge is 0.0722 e. The van der Waals surface area contributed by atoms with Gasteiger partial charge in [-0.2, -0.15) is 0 Å². The molecule has 8 aromatic carbocycles. The van der Waals surface area contributed by atoms with E-state index in [1.807, 2.05) is 0 Å². The molecule has 0 amide bonds. The van der Waals surface area contributed by atoms with Crippen molar-refractivity contribution in [2.45, 2.75) is 0 Å². The molecule has 0 radical (unpaired) electrons. The number of benzene rings is 8. The molecule has 0 aliphatic heterocycles. The van der Waals surface area contributed by atoms with Crippen LogP contribution in [0.4, 0.5) is 0 Å². The molecule has 51 heavy (non-hydrogen) atoms. The van der Waals surface area contributed by atoms with Crippen LogP contribution in [0.25, 0.3) is 93.8 Å². The van der Waals surface area contributed by atoms with Crippen molar-refractivity contribution in [1.29, 1.82) is 0 Å². The molecular formula is C49H32N2. The van der Waals surface area contributed by atoms with Crippen molar-refractivity contribution in [3.05, 3.63) is 194 Å². The van der Waals surface area contributed by atoms with Gasteiger partial charge in [0.1, 0.15) is 0 Å². The second-order valence-electron chi connectivity index (χ2n) is 13.2. The normalized spacial score (nSPS) is 11.5. The minimum atomic E-state index is 0.978. The Morgan fingerprint density at radius 3 is 1.65 bits per heavy atom. The molecule has 0 aliphatic rings. The Kier molecular flexibility index (Phi) is 6.85. The Morgan fingerprint density at radius 1 is 0.353 bits per heavy atom. The van der Waals surface area contributed by atoms with E-state index in [2.05, 4.69) is 199 Å². The molecule has 0 saturated carbocycles. The van der Waals surface area contributed by atoms with Crippen LogP contribution in [0.3, 0.4) is 0 Å². The summed E-state index contributed by atoms with van der Waals surface area (Å²) in [7, 11) is 0. The lowest BCUT2D eigenvalue weighted by Gasteiger charge is -2.14. The topological polar surface area (TPSA) is 17.8 Å². The summed E-state index contributed by atoms with van der Waals surface area (Å²) in [6.45, 7) is 0. The molecule has 10 aromatic rings. The molecule has 0 saturated heterocycles. The highest BCUT2D eigenvalue weighted by Gasteiger charge is 2.15. The van der Waals surface area contributed by atoms with Gasteiger partial charge in [-0.3, -0.25) is 0 Å². The number of para-hydroxylation sites is 2. The second kappa shape index (κ2) is 12.0. The minimum Gasteiger partial charge on any atom is -0.309 e. The summed E-state index contributed by atoms with van der Waals surface area (Å²) in [4.78, 5) is 5.15. The molecule has 10 rings (SSSR count). The number of nitrogens with zero attached hydrogens (tertiary/aromatic N) is 2. The van der Waals surface area contributed by atoms with Crippen molar-refractivity contribution >= 4 is 43.5 Å². The van der Waals surface area contributed by atoms with Crippen LogP contribution in [-0.2, 0) is 0 Å². The number of pyridine rings is 1. The highest BCUT2D eigenvalue weighted by molar-refractivity contribution is 6.14. The first-order valence-electron chi connectivity index (χ1n) is 17.5. The summed E-state index contributed by atoms with van der Waals surface area (Å²) in [6.07, 6.45) is 0. The first-order valence-corrected chi connectivity index (χ1v) is 17.5. The van der Waals surface area contributed by atoms with E-state index >= 15 is 0 Å². The summed E-state index contributed by atoms with van der Waals surface area (Å²) >= 11 is 0. The van der Waals surface area contributed by atoms with E-state index < -0.39 is 0 Å². The molecule has 2 heteroatoms. The average molecular weight is 649 g/mol. The number of aromatic nitrogens is 2. The lowest BCUT2D eigenvalue weighted by Crippen LogP contribution is -1.94. The van der Waals surface area contributed by atoms with Crippen LogP contribution in [0.5, 0.6) is 0 Å². The zero-order chi connectivity index (χ0) is 33.7. The van der Waals surface area contributed by atoms with Crippen molar-refractivity contribution in [3.63, 3.8) is 0 Å². The number of hydrogen-bond acceptors (Lipinski definition) is 1. The van der Waals surface area contributed by atoms with Gasteiger partial charge in [0.2, 0.25) is 0 Å². The Morgan fingerprint density at radius 2 is 0.922 bits per heavy atom. The molecule has 0 fully saturated rings.